The van der Waals surface area contributed by atoms with E-state index in [2.05, 4.69) is 0 Å². The van der Waals surface area contributed by atoms with Crippen molar-refractivity contribution in [1.82, 2.24) is 0 Å². The van der Waals surface area contributed by atoms with Crippen molar-refractivity contribution in [3.05, 3.63) is 214 Å². The van der Waals surface area contributed by atoms with Crippen LogP contribution in [-0.2, 0) is 60.8 Å². The van der Waals surface area contributed by atoms with Gasteiger partial charge in [-0.3, -0.25) is 0 Å². The zero-order valence-corrected chi connectivity index (χ0v) is 73.0. The molecule has 0 atom stereocenters. The predicted octanol–water partition coefficient (Wildman–Crippen LogP) is 17.9. The van der Waals surface area contributed by atoms with Crippen molar-refractivity contribution < 1.29 is 124 Å². The maximum Gasteiger partial charge on any atom is 0.338 e. The molecule has 126 heavy (non-hydrogen) atoms. The van der Waals surface area contributed by atoms with E-state index in [1.165, 1.54) is 70.9 Å². The largest absolute Gasteiger partial charge is 0.493 e. The molecule has 8 aromatic carbocycles. The van der Waals surface area contributed by atoms with Crippen molar-refractivity contribution in [2.45, 2.75) is 116 Å². The third kappa shape index (κ3) is 36.0. The van der Waals surface area contributed by atoms with Crippen LogP contribution < -0.4 is 77.8 Å². The molecule has 0 saturated carbocycles. The molecular weight excluding hydrogens is 1620 g/mol. The highest BCUT2D eigenvalue weighted by molar-refractivity contribution is 5.93. The van der Waals surface area contributed by atoms with Crippen molar-refractivity contribution in [3.8, 4) is 80.5 Å². The zero-order valence-electron chi connectivity index (χ0n) is 73.0. The zero-order chi connectivity index (χ0) is 89.9. The molecule has 0 fully saturated rings. The second kappa shape index (κ2) is 55.5. The lowest BCUT2D eigenvalue weighted by molar-refractivity contribution is -0.135. The number of anilines is 2. The number of hydrogen-bond acceptors (Lipinski definition) is 28. The number of hydrogen-bond donors (Lipinski definition) is 2. The van der Waals surface area contributed by atoms with E-state index in [1.807, 2.05) is 84.9 Å². The Bertz CT molecular complexity index is 4400. The molecule has 0 radical (unpaired) electrons. The number of rotatable bonds is 59. The molecule has 0 heterocycles. The van der Waals surface area contributed by atoms with Crippen LogP contribution in [0.3, 0.4) is 0 Å². The minimum Gasteiger partial charge on any atom is -0.493 e. The van der Waals surface area contributed by atoms with Gasteiger partial charge in [0.2, 0.25) is 0 Å². The fourth-order valence-corrected chi connectivity index (χ4v) is 12.5. The number of nitrogen functional groups attached to an aromatic ring is 2. The lowest BCUT2D eigenvalue weighted by Crippen LogP contribution is -2.15. The third-order valence-corrected chi connectivity index (χ3v) is 19.0. The molecule has 674 valence electrons. The van der Waals surface area contributed by atoms with Gasteiger partial charge in [0, 0.05) is 53.9 Å². The summed E-state index contributed by atoms with van der Waals surface area (Å²) < 4.78 is 116. The number of benzene rings is 8. The highest BCUT2D eigenvalue weighted by Crippen LogP contribution is 2.36. The molecule has 4 N–H and O–H groups in total. The number of carbonyl (C=O) groups is 6. The quantitative estimate of drug-likeness (QED) is 0.0118. The molecule has 0 aromatic heterocycles. The van der Waals surface area contributed by atoms with Crippen molar-refractivity contribution in [2.75, 3.05) is 134 Å². The summed E-state index contributed by atoms with van der Waals surface area (Å²) in [6.45, 7) is 2.91. The van der Waals surface area contributed by atoms with Gasteiger partial charge in [0.05, 0.1) is 121 Å². The monoisotopic (exact) mass is 1740 g/mol. The molecule has 0 aliphatic rings. The SMILES string of the molecule is COC(=O)C=Cc1ccc(OCCCCCCOc2cc(COc3cc(OCc4cc(OCCCCCCOc5ccc(C=CC(=O)OC)cc5OC)cc(OCCCCCCOc5ccc(C=CC(=O)OC)cc5OC)c4)cc(C(=O)OCCOC(=O)c4cc(N)cc(N)c4)c3)cc(OCCCCCCOc3ccc(C=CC(=O)OC)cc3OC)c2)c(OC)c1. The number of methoxy groups -OCH3 is 8. The van der Waals surface area contributed by atoms with Crippen LogP contribution in [0.4, 0.5) is 11.4 Å². The van der Waals surface area contributed by atoms with Gasteiger partial charge in [0.25, 0.3) is 0 Å². The van der Waals surface area contributed by atoms with Gasteiger partial charge in [0.1, 0.15) is 60.9 Å². The summed E-state index contributed by atoms with van der Waals surface area (Å²) in [5.41, 5.74) is 17.1. The van der Waals surface area contributed by atoms with Crippen LogP contribution in [0, 0.1) is 0 Å². The van der Waals surface area contributed by atoms with Gasteiger partial charge in [-0.05, 0) is 264 Å². The van der Waals surface area contributed by atoms with Crippen LogP contribution in [0.5, 0.6) is 80.5 Å². The Balaban J connectivity index is 0.947. The maximum absolute atomic E-state index is 14.1. The average molecular weight is 1740 g/mol. The molecule has 0 saturated heterocycles. The summed E-state index contributed by atoms with van der Waals surface area (Å²) in [5, 5.41) is 0. The maximum atomic E-state index is 14.1. The number of unbranched alkanes of at least 4 members (excludes halogenated alkanes) is 12. The fraction of sp³-hybridized carbons (Fsp3) is 0.367. The van der Waals surface area contributed by atoms with Gasteiger partial charge < -0.3 is 106 Å². The van der Waals surface area contributed by atoms with E-state index in [4.69, 9.17) is 106 Å². The summed E-state index contributed by atoms with van der Waals surface area (Å²) in [5.74, 6) is 4.01. The molecule has 8 rings (SSSR count). The molecule has 28 nitrogen and oxygen atoms in total. The lowest BCUT2D eigenvalue weighted by Gasteiger charge is -2.16. The lowest BCUT2D eigenvalue weighted by atomic mass is 10.1. The van der Waals surface area contributed by atoms with Crippen molar-refractivity contribution in [1.29, 1.82) is 0 Å². The molecule has 0 aliphatic heterocycles. The van der Waals surface area contributed by atoms with Crippen LogP contribution >= 0.6 is 0 Å². The van der Waals surface area contributed by atoms with E-state index in [9.17, 15) is 28.8 Å². The topological polar surface area (TPSA) is 339 Å². The van der Waals surface area contributed by atoms with Crippen molar-refractivity contribution in [2.24, 2.45) is 0 Å². The van der Waals surface area contributed by atoms with Gasteiger partial charge >= 0.3 is 35.8 Å². The van der Waals surface area contributed by atoms with Crippen LogP contribution in [0.2, 0.25) is 0 Å². The van der Waals surface area contributed by atoms with E-state index < -0.39 is 35.8 Å². The number of nitrogens with two attached hydrogens (primary N) is 2. The second-order valence-corrected chi connectivity index (χ2v) is 28.6. The minimum absolute atomic E-state index is 0.000288. The second-order valence-electron chi connectivity index (χ2n) is 28.6. The van der Waals surface area contributed by atoms with Crippen molar-refractivity contribution >= 4 is 71.5 Å². The molecule has 28 heteroatoms. The van der Waals surface area contributed by atoms with Gasteiger partial charge in [0.15, 0.2) is 46.0 Å². The fourth-order valence-electron chi connectivity index (χ4n) is 12.5. The smallest absolute Gasteiger partial charge is 0.338 e. The van der Waals surface area contributed by atoms with Crippen LogP contribution in [-0.4, -0.2) is 159 Å². The predicted molar refractivity (Wildman–Crippen MR) is 478 cm³/mol. The Morgan fingerprint density at radius 2 is 0.484 bits per heavy atom. The van der Waals surface area contributed by atoms with Crippen LogP contribution in [0.1, 0.15) is 157 Å². The molecular formula is C98H116N2O26. The Labute approximate surface area is 736 Å². The Morgan fingerprint density at radius 3 is 0.730 bits per heavy atom. The van der Waals surface area contributed by atoms with Gasteiger partial charge in [-0.25, -0.2) is 28.8 Å². The molecule has 0 unspecified atom stereocenters. The van der Waals surface area contributed by atoms with Gasteiger partial charge in [-0.1, -0.05) is 24.3 Å². The highest BCUT2D eigenvalue weighted by Gasteiger charge is 2.19. The molecule has 0 amide bonds. The Kier molecular flexibility index (Phi) is 43.0. The van der Waals surface area contributed by atoms with Gasteiger partial charge in [-0.2, -0.15) is 0 Å². The first-order chi connectivity index (χ1) is 61.4. The normalized spacial score (nSPS) is 11.1. The average Bonchev–Trinajstić information content (AvgIpc) is 0.869. The van der Waals surface area contributed by atoms with Crippen LogP contribution in [0.25, 0.3) is 24.3 Å². The number of carbonyl (C=O) groups excluding carboxylic acids is 6. The summed E-state index contributed by atoms with van der Waals surface area (Å²) in [7, 11) is 11.5. The number of ether oxygens (including phenoxy) is 20. The number of esters is 6. The summed E-state index contributed by atoms with van der Waals surface area (Å²) in [6, 6.07) is 42.1. The Hall–Kier alpha value is -13.7. The molecule has 0 aliphatic carbocycles. The van der Waals surface area contributed by atoms with Crippen molar-refractivity contribution in [3.63, 3.8) is 0 Å². The third-order valence-electron chi connectivity index (χ3n) is 19.0. The summed E-state index contributed by atoms with van der Waals surface area (Å²) >= 11 is 0. The first kappa shape index (κ1) is 97.8. The van der Waals surface area contributed by atoms with Crippen LogP contribution in [0.15, 0.2) is 170 Å². The molecule has 8 aromatic rings. The first-order valence-corrected chi connectivity index (χ1v) is 41.8. The van der Waals surface area contributed by atoms with Gasteiger partial charge in [-0.15, -0.1) is 0 Å². The molecule has 0 bridgehead atoms. The molecule has 0 spiro atoms. The standard InChI is InChI=1S/C98H116N2O26/c1-107-89-55-69(29-37-93(101)111-5)25-33-85(89)119-45-21-13-9-17-41-115-79-51-73(52-80(64-79)116-42-18-10-14-22-46-120-86-34-26-70(56-90(86)108-2)30-38-94(102)112-6)67-125-83-61-76(98(106)124-50-49-123-97(105)75-59-77(99)63-78(100)60-75)62-84(66-83)126-68-74-53-81(117-43-19-11-15-23-47-121-87-35-27-71(57-91(87)109-3)31-39-95(103)113-7)65-82(54-74)118-44-20-12-16-24-48-122-88-36-28-72(58-92(88)110-4)32-40-96(104)114-8/h25-40,51-66H,9-24,41-50,67-68,99-100H2,1-8H3. The van der Waals surface area contributed by atoms with E-state index in [0.717, 1.165) is 125 Å². The van der Waals surface area contributed by atoms with E-state index in [1.54, 1.807) is 95.2 Å². The first-order valence-electron chi connectivity index (χ1n) is 41.8. The van der Waals surface area contributed by atoms with E-state index in [-0.39, 0.29) is 60.4 Å². The summed E-state index contributed by atoms with van der Waals surface area (Å²) in [4.78, 5) is 73.8. The highest BCUT2D eigenvalue weighted by atomic mass is 16.6. The van der Waals surface area contributed by atoms with E-state index in [0.29, 0.717) is 133 Å². The van der Waals surface area contributed by atoms with E-state index >= 15 is 0 Å². The minimum atomic E-state index is -0.751. The summed E-state index contributed by atoms with van der Waals surface area (Å²) in [6.07, 6.45) is 25.0. The Morgan fingerprint density at radius 1 is 0.246 bits per heavy atom.